The number of hydrogen-bond acceptors (Lipinski definition) is 2. The summed E-state index contributed by atoms with van der Waals surface area (Å²) in [6.45, 7) is 0.979. The number of thioether (sulfide) groups is 1. The Balaban J connectivity index is 1.79. The van der Waals surface area contributed by atoms with Crippen molar-refractivity contribution in [2.45, 2.75) is 51.0 Å². The average Bonchev–Trinajstić information content (AvgIpc) is 2.86. The van der Waals surface area contributed by atoms with Gasteiger partial charge in [0.1, 0.15) is 0 Å². The predicted molar refractivity (Wildman–Crippen MR) is 79.4 cm³/mol. The van der Waals surface area contributed by atoms with Gasteiger partial charge in [0, 0.05) is 24.9 Å². The van der Waals surface area contributed by atoms with Crippen LogP contribution in [0.3, 0.4) is 0 Å². The Bertz CT molecular complexity index is 269. The summed E-state index contributed by atoms with van der Waals surface area (Å²) in [5.41, 5.74) is 0. The molecule has 0 bridgehead atoms. The molecule has 18 heavy (non-hydrogen) atoms. The van der Waals surface area contributed by atoms with E-state index in [-0.39, 0.29) is 0 Å². The van der Waals surface area contributed by atoms with E-state index in [1.807, 2.05) is 11.8 Å². The first kappa shape index (κ1) is 14.5. The molecule has 0 aromatic heterocycles. The molecule has 104 valence electrons. The molecule has 2 nitrogen and oxygen atoms in total. The monoisotopic (exact) mass is 289 g/mol. The maximum absolute atomic E-state index is 12.4. The van der Waals surface area contributed by atoms with Crippen molar-refractivity contribution in [3.05, 3.63) is 0 Å². The molecule has 2 aliphatic heterocycles. The second-order valence-electron chi connectivity index (χ2n) is 5.47. The van der Waals surface area contributed by atoms with E-state index < -0.39 is 0 Å². The number of carbonyl (C=O) groups excluding carboxylic acids is 1. The molecule has 0 spiro atoms. The van der Waals surface area contributed by atoms with Gasteiger partial charge in [-0.25, -0.2) is 0 Å². The molecule has 0 radical (unpaired) electrons. The van der Waals surface area contributed by atoms with Gasteiger partial charge in [-0.05, 0) is 55.9 Å². The zero-order valence-corrected chi connectivity index (χ0v) is 12.6. The molecule has 4 heteroatoms. The van der Waals surface area contributed by atoms with Gasteiger partial charge in [-0.15, -0.1) is 11.6 Å². The second kappa shape index (κ2) is 7.64. The highest BCUT2D eigenvalue weighted by Crippen LogP contribution is 2.28. The maximum atomic E-state index is 12.4. The fourth-order valence-corrected chi connectivity index (χ4v) is 4.45. The smallest absolute Gasteiger partial charge is 0.223 e. The second-order valence-corrected chi connectivity index (χ2v) is 7.08. The van der Waals surface area contributed by atoms with Crippen molar-refractivity contribution in [1.82, 2.24) is 4.90 Å². The minimum Gasteiger partial charge on any atom is -0.340 e. The van der Waals surface area contributed by atoms with Gasteiger partial charge in [0.05, 0.1) is 0 Å². The lowest BCUT2D eigenvalue weighted by Gasteiger charge is -2.28. The minimum atomic E-state index is 0.406. The zero-order chi connectivity index (χ0) is 12.8. The minimum absolute atomic E-state index is 0.406. The maximum Gasteiger partial charge on any atom is 0.223 e. The molecule has 2 heterocycles. The Morgan fingerprint density at radius 1 is 1.28 bits per heavy atom. The number of carbonyl (C=O) groups is 1. The lowest BCUT2D eigenvalue weighted by atomic mass is 9.97. The van der Waals surface area contributed by atoms with Gasteiger partial charge in [-0.1, -0.05) is 0 Å². The standard InChI is InChI=1S/C14H24ClNOS/c15-7-1-3-13-4-2-8-16(13)14(17)11-12-5-9-18-10-6-12/h12-13H,1-11H2. The van der Waals surface area contributed by atoms with E-state index in [0.29, 0.717) is 17.9 Å². The Hall–Kier alpha value is 0.110. The summed E-state index contributed by atoms with van der Waals surface area (Å²) in [4.78, 5) is 14.5. The largest absolute Gasteiger partial charge is 0.340 e. The van der Waals surface area contributed by atoms with Crippen LogP contribution in [0.2, 0.25) is 0 Å². The first-order valence-electron chi connectivity index (χ1n) is 7.24. The Labute approximate surface area is 120 Å². The molecule has 2 aliphatic rings. The number of likely N-dealkylation sites (tertiary alicyclic amines) is 1. The van der Waals surface area contributed by atoms with Gasteiger partial charge in [0.2, 0.25) is 5.91 Å². The average molecular weight is 290 g/mol. The molecule has 1 unspecified atom stereocenters. The Kier molecular flexibility index (Phi) is 6.16. The van der Waals surface area contributed by atoms with Crippen molar-refractivity contribution < 1.29 is 4.79 Å². The van der Waals surface area contributed by atoms with E-state index >= 15 is 0 Å². The Morgan fingerprint density at radius 3 is 2.78 bits per heavy atom. The van der Waals surface area contributed by atoms with Crippen LogP contribution < -0.4 is 0 Å². The molecule has 2 fully saturated rings. The summed E-state index contributed by atoms with van der Waals surface area (Å²) in [6, 6.07) is 0.481. The number of amides is 1. The molecule has 0 aliphatic carbocycles. The number of nitrogens with zero attached hydrogens (tertiary/aromatic N) is 1. The molecule has 2 saturated heterocycles. The van der Waals surface area contributed by atoms with Gasteiger partial charge >= 0.3 is 0 Å². The molecular formula is C14H24ClNOS. The van der Waals surface area contributed by atoms with Crippen LogP contribution in [0.25, 0.3) is 0 Å². The molecule has 0 aromatic carbocycles. The molecule has 0 N–H and O–H groups in total. The van der Waals surface area contributed by atoms with E-state index in [2.05, 4.69) is 4.90 Å². The van der Waals surface area contributed by atoms with E-state index in [9.17, 15) is 4.79 Å². The number of hydrogen-bond donors (Lipinski definition) is 0. The van der Waals surface area contributed by atoms with Gasteiger partial charge < -0.3 is 4.90 Å². The van der Waals surface area contributed by atoms with Crippen LogP contribution in [-0.2, 0) is 4.79 Å². The van der Waals surface area contributed by atoms with Crippen LogP contribution in [0.1, 0.15) is 44.9 Å². The number of halogens is 1. The van der Waals surface area contributed by atoms with Gasteiger partial charge in [0.15, 0.2) is 0 Å². The van der Waals surface area contributed by atoms with Crippen LogP contribution in [0.15, 0.2) is 0 Å². The summed E-state index contributed by atoms with van der Waals surface area (Å²) in [6.07, 6.45) is 7.75. The molecular weight excluding hydrogens is 266 g/mol. The van der Waals surface area contributed by atoms with Crippen LogP contribution in [-0.4, -0.2) is 40.8 Å². The predicted octanol–water partition coefficient (Wildman–Crippen LogP) is 3.53. The molecule has 1 amide bonds. The first-order chi connectivity index (χ1) is 8.81. The lowest BCUT2D eigenvalue weighted by molar-refractivity contribution is -0.133. The molecule has 0 aromatic rings. The van der Waals surface area contributed by atoms with E-state index in [0.717, 1.165) is 31.7 Å². The fraction of sp³-hybridized carbons (Fsp3) is 0.929. The fourth-order valence-electron chi connectivity index (χ4n) is 3.09. The third-order valence-corrected chi connectivity index (χ3v) is 5.49. The van der Waals surface area contributed by atoms with Gasteiger partial charge in [0.25, 0.3) is 0 Å². The highest BCUT2D eigenvalue weighted by atomic mass is 35.5. The summed E-state index contributed by atoms with van der Waals surface area (Å²) in [5.74, 6) is 4.26. The molecule has 2 rings (SSSR count). The highest BCUT2D eigenvalue weighted by Gasteiger charge is 2.29. The van der Waals surface area contributed by atoms with E-state index in [1.54, 1.807) is 0 Å². The van der Waals surface area contributed by atoms with Crippen LogP contribution >= 0.6 is 23.4 Å². The number of alkyl halides is 1. The van der Waals surface area contributed by atoms with Crippen molar-refractivity contribution in [2.75, 3.05) is 23.9 Å². The highest BCUT2D eigenvalue weighted by molar-refractivity contribution is 7.99. The summed E-state index contributed by atoms with van der Waals surface area (Å²) < 4.78 is 0. The molecule has 1 atom stereocenters. The van der Waals surface area contributed by atoms with Crippen LogP contribution in [0.5, 0.6) is 0 Å². The van der Waals surface area contributed by atoms with Crippen molar-refractivity contribution >= 4 is 29.3 Å². The third kappa shape index (κ3) is 4.06. The lowest BCUT2D eigenvalue weighted by Crippen LogP contribution is -2.36. The SMILES string of the molecule is O=C(CC1CCSCC1)N1CCCC1CCCCl. The third-order valence-electron chi connectivity index (χ3n) is 4.17. The van der Waals surface area contributed by atoms with Crippen molar-refractivity contribution in [3.63, 3.8) is 0 Å². The molecule has 0 saturated carbocycles. The van der Waals surface area contributed by atoms with Gasteiger partial charge in [-0.2, -0.15) is 11.8 Å². The zero-order valence-electron chi connectivity index (χ0n) is 11.1. The van der Waals surface area contributed by atoms with Crippen molar-refractivity contribution in [1.29, 1.82) is 0 Å². The Morgan fingerprint density at radius 2 is 2.06 bits per heavy atom. The van der Waals surface area contributed by atoms with Crippen LogP contribution in [0.4, 0.5) is 0 Å². The van der Waals surface area contributed by atoms with Crippen molar-refractivity contribution in [2.24, 2.45) is 5.92 Å². The van der Waals surface area contributed by atoms with Gasteiger partial charge in [-0.3, -0.25) is 4.79 Å². The van der Waals surface area contributed by atoms with Crippen molar-refractivity contribution in [3.8, 4) is 0 Å². The topological polar surface area (TPSA) is 20.3 Å². The summed E-state index contributed by atoms with van der Waals surface area (Å²) in [7, 11) is 0. The van der Waals surface area contributed by atoms with E-state index in [4.69, 9.17) is 11.6 Å². The summed E-state index contributed by atoms with van der Waals surface area (Å²) >= 11 is 7.79. The van der Waals surface area contributed by atoms with Crippen LogP contribution in [0, 0.1) is 5.92 Å². The summed E-state index contributed by atoms with van der Waals surface area (Å²) in [5, 5.41) is 0. The van der Waals surface area contributed by atoms with E-state index in [1.165, 1.54) is 37.2 Å². The number of rotatable bonds is 5. The quantitative estimate of drug-likeness (QED) is 0.722. The first-order valence-corrected chi connectivity index (χ1v) is 8.93. The normalized spacial score (nSPS) is 25.6.